The van der Waals surface area contributed by atoms with Crippen molar-refractivity contribution < 1.29 is 20.5 Å². The van der Waals surface area contributed by atoms with Gasteiger partial charge in [0.1, 0.15) is 13.2 Å². The van der Waals surface area contributed by atoms with Gasteiger partial charge in [0, 0.05) is 13.5 Å². The van der Waals surface area contributed by atoms with Crippen molar-refractivity contribution in [3.8, 4) is 0 Å². The molecule has 82 valence electrons. The lowest BCUT2D eigenvalue weighted by molar-refractivity contribution is -0.139. The zero-order valence-corrected chi connectivity index (χ0v) is 8.46. The summed E-state index contributed by atoms with van der Waals surface area (Å²) in [6, 6.07) is 0. The van der Waals surface area contributed by atoms with E-state index >= 15 is 0 Å². The lowest BCUT2D eigenvalue weighted by Crippen LogP contribution is -2.25. The van der Waals surface area contributed by atoms with E-state index in [4.69, 9.17) is 0 Å². The van der Waals surface area contributed by atoms with Crippen LogP contribution in [-0.2, 0) is 14.3 Å². The van der Waals surface area contributed by atoms with Crippen molar-refractivity contribution in [2.75, 3.05) is 19.8 Å². The van der Waals surface area contributed by atoms with Gasteiger partial charge in [0.25, 0.3) is 0 Å². The molecule has 0 aliphatic rings. The van der Waals surface area contributed by atoms with Gasteiger partial charge in [-0.3, -0.25) is 0 Å². The smallest absolute Gasteiger partial charge is 0.407 e. The fourth-order valence-corrected chi connectivity index (χ4v) is 0.587. The van der Waals surface area contributed by atoms with Crippen LogP contribution in [0.25, 0.3) is 0 Å². The molecule has 0 rings (SSSR count). The zero-order valence-electron chi connectivity index (χ0n) is 8.46. The van der Waals surface area contributed by atoms with Gasteiger partial charge in [-0.2, -0.15) is 0 Å². The summed E-state index contributed by atoms with van der Waals surface area (Å²) in [7, 11) is 0. The standard InChI is InChI=1S/C9H15NO4.H2/c1-4-10-9(12)14-6-5-13-8(11)7(2)3;/h2,4-6H2,1,3H3,(H,10,12);1H. The second-order valence-electron chi connectivity index (χ2n) is 2.58. The van der Waals surface area contributed by atoms with Crippen LogP contribution in [0.15, 0.2) is 12.2 Å². The van der Waals surface area contributed by atoms with Crippen molar-refractivity contribution in [3.63, 3.8) is 0 Å². The lowest BCUT2D eigenvalue weighted by atomic mass is 10.4. The molecule has 0 aromatic heterocycles. The Morgan fingerprint density at radius 2 is 1.93 bits per heavy atom. The van der Waals surface area contributed by atoms with Gasteiger partial charge in [-0.25, -0.2) is 9.59 Å². The number of carbonyl (C=O) groups is 2. The second-order valence-corrected chi connectivity index (χ2v) is 2.58. The van der Waals surface area contributed by atoms with Crippen LogP contribution in [0.2, 0.25) is 0 Å². The van der Waals surface area contributed by atoms with Crippen LogP contribution >= 0.6 is 0 Å². The number of hydrogen-bond donors (Lipinski definition) is 1. The largest absolute Gasteiger partial charge is 0.459 e. The third-order valence-electron chi connectivity index (χ3n) is 1.22. The molecule has 5 heteroatoms. The molecule has 0 aliphatic carbocycles. The van der Waals surface area contributed by atoms with E-state index in [0.717, 1.165) is 0 Å². The summed E-state index contributed by atoms with van der Waals surface area (Å²) in [5.74, 6) is -0.482. The molecule has 0 heterocycles. The Morgan fingerprint density at radius 3 is 2.43 bits per heavy atom. The van der Waals surface area contributed by atoms with Crippen LogP contribution in [0.5, 0.6) is 0 Å². The number of hydrogen-bond acceptors (Lipinski definition) is 4. The topological polar surface area (TPSA) is 64.6 Å². The highest BCUT2D eigenvalue weighted by Crippen LogP contribution is 1.91. The number of alkyl carbamates (subject to hydrolysis) is 1. The third-order valence-corrected chi connectivity index (χ3v) is 1.22. The maximum Gasteiger partial charge on any atom is 0.407 e. The Balaban J connectivity index is 0. The highest BCUT2D eigenvalue weighted by atomic mass is 16.6. The molecule has 0 aliphatic heterocycles. The normalized spacial score (nSPS) is 9.00. The van der Waals surface area contributed by atoms with Gasteiger partial charge in [0.2, 0.25) is 0 Å². The predicted molar refractivity (Wildman–Crippen MR) is 52.9 cm³/mol. The summed E-state index contributed by atoms with van der Waals surface area (Å²) in [6.07, 6.45) is -0.515. The Labute approximate surface area is 84.6 Å². The highest BCUT2D eigenvalue weighted by Gasteiger charge is 2.03. The predicted octanol–water partition coefficient (Wildman–Crippen LogP) is 1.10. The first-order chi connectivity index (χ1) is 6.57. The van der Waals surface area contributed by atoms with Crippen LogP contribution in [0, 0.1) is 0 Å². The fraction of sp³-hybridized carbons (Fsp3) is 0.556. The molecule has 0 atom stereocenters. The number of carbonyl (C=O) groups excluding carboxylic acids is 2. The minimum Gasteiger partial charge on any atom is -0.459 e. The number of nitrogens with one attached hydrogen (secondary N) is 1. The lowest BCUT2D eigenvalue weighted by Gasteiger charge is -2.05. The second kappa shape index (κ2) is 6.94. The average Bonchev–Trinajstić information content (AvgIpc) is 2.12. The first kappa shape index (κ1) is 12.5. The highest BCUT2D eigenvalue weighted by molar-refractivity contribution is 5.86. The Bertz CT molecular complexity index is 230. The van der Waals surface area contributed by atoms with Crippen molar-refractivity contribution in [1.29, 1.82) is 0 Å². The van der Waals surface area contributed by atoms with E-state index < -0.39 is 12.1 Å². The van der Waals surface area contributed by atoms with Gasteiger partial charge in [-0.1, -0.05) is 6.58 Å². The van der Waals surface area contributed by atoms with Gasteiger partial charge >= 0.3 is 12.1 Å². The first-order valence-corrected chi connectivity index (χ1v) is 4.31. The molecule has 1 amide bonds. The minimum atomic E-state index is -0.515. The Kier molecular flexibility index (Phi) is 6.19. The summed E-state index contributed by atoms with van der Waals surface area (Å²) >= 11 is 0. The Hall–Kier alpha value is -1.52. The molecule has 14 heavy (non-hydrogen) atoms. The summed E-state index contributed by atoms with van der Waals surface area (Å²) in [4.78, 5) is 21.6. The molecule has 0 aromatic rings. The maximum absolute atomic E-state index is 10.8. The van der Waals surface area contributed by atoms with E-state index in [1.807, 2.05) is 0 Å². The number of rotatable bonds is 5. The van der Waals surface area contributed by atoms with Crippen molar-refractivity contribution in [2.24, 2.45) is 0 Å². The van der Waals surface area contributed by atoms with Gasteiger partial charge in [-0.15, -0.1) is 0 Å². The van der Waals surface area contributed by atoms with Gasteiger partial charge < -0.3 is 14.8 Å². The SMILES string of the molecule is C=C(C)C(=O)OCCOC(=O)NCC.[HH]. The molecule has 0 saturated heterocycles. The monoisotopic (exact) mass is 203 g/mol. The molecule has 0 unspecified atom stereocenters. The minimum absolute atomic E-state index is 0. The molecule has 5 nitrogen and oxygen atoms in total. The van der Waals surface area contributed by atoms with E-state index in [-0.39, 0.29) is 14.6 Å². The first-order valence-electron chi connectivity index (χ1n) is 4.31. The molecule has 0 fully saturated rings. The van der Waals surface area contributed by atoms with Gasteiger partial charge in [0.05, 0.1) is 0 Å². The van der Waals surface area contributed by atoms with Gasteiger partial charge in [0.15, 0.2) is 0 Å². The summed E-state index contributed by atoms with van der Waals surface area (Å²) in [5.41, 5.74) is 0.322. The van der Waals surface area contributed by atoms with Crippen LogP contribution in [-0.4, -0.2) is 31.8 Å². The van der Waals surface area contributed by atoms with Gasteiger partial charge in [-0.05, 0) is 13.8 Å². The molecule has 0 aromatic carbocycles. The zero-order chi connectivity index (χ0) is 11.0. The van der Waals surface area contributed by atoms with Crippen LogP contribution in [0.4, 0.5) is 4.79 Å². The van der Waals surface area contributed by atoms with E-state index in [1.165, 1.54) is 0 Å². The van der Waals surface area contributed by atoms with Crippen molar-refractivity contribution in [2.45, 2.75) is 13.8 Å². The fourth-order valence-electron chi connectivity index (χ4n) is 0.587. The van der Waals surface area contributed by atoms with Crippen molar-refractivity contribution in [3.05, 3.63) is 12.2 Å². The maximum atomic E-state index is 10.8. The molecular weight excluding hydrogens is 186 g/mol. The van der Waals surface area contributed by atoms with Crippen LogP contribution < -0.4 is 5.32 Å². The van der Waals surface area contributed by atoms with E-state index in [0.29, 0.717) is 12.1 Å². The molecule has 0 spiro atoms. The Morgan fingerprint density at radius 1 is 1.36 bits per heavy atom. The molecular formula is C9H17NO4. The molecule has 1 N–H and O–H groups in total. The quantitative estimate of drug-likeness (QED) is 0.413. The summed E-state index contributed by atoms with van der Waals surface area (Å²) < 4.78 is 9.34. The van der Waals surface area contributed by atoms with Crippen LogP contribution in [0.3, 0.4) is 0 Å². The summed E-state index contributed by atoms with van der Waals surface area (Å²) in [5, 5.41) is 2.44. The average molecular weight is 203 g/mol. The van der Waals surface area contributed by atoms with Crippen LogP contribution in [0.1, 0.15) is 15.3 Å². The number of amides is 1. The molecule has 0 radical (unpaired) electrons. The third kappa shape index (κ3) is 6.05. The summed E-state index contributed by atoms with van der Waals surface area (Å²) in [6.45, 7) is 7.33. The van der Waals surface area contributed by atoms with E-state index in [9.17, 15) is 9.59 Å². The van der Waals surface area contributed by atoms with Crippen molar-refractivity contribution >= 4 is 12.1 Å². The number of ether oxygens (including phenoxy) is 2. The van der Waals surface area contributed by atoms with E-state index in [1.54, 1.807) is 13.8 Å². The molecule has 0 bridgehead atoms. The molecule has 0 saturated carbocycles. The number of esters is 1. The van der Waals surface area contributed by atoms with Crippen molar-refractivity contribution in [1.82, 2.24) is 5.32 Å². The van der Waals surface area contributed by atoms with E-state index in [2.05, 4.69) is 21.4 Å².